The van der Waals surface area contributed by atoms with Gasteiger partial charge in [-0.15, -0.1) is 0 Å². The molecule has 2 aliphatic rings. The van der Waals surface area contributed by atoms with Gasteiger partial charge in [-0.2, -0.15) is 18.2 Å². The molecule has 0 radical (unpaired) electrons. The summed E-state index contributed by atoms with van der Waals surface area (Å²) >= 11 is 5.39. The van der Waals surface area contributed by atoms with E-state index in [1.165, 1.54) is 5.56 Å². The second-order valence-corrected chi connectivity index (χ2v) is 8.60. The second kappa shape index (κ2) is 9.58. The lowest BCUT2D eigenvalue weighted by Gasteiger charge is -2.38. The van der Waals surface area contributed by atoms with Crippen LogP contribution in [0.2, 0.25) is 0 Å². The predicted octanol–water partition coefficient (Wildman–Crippen LogP) is 4.13. The van der Waals surface area contributed by atoms with E-state index in [9.17, 15) is 13.2 Å². The van der Waals surface area contributed by atoms with E-state index in [0.717, 1.165) is 31.7 Å². The number of aromatic nitrogens is 2. The largest absolute Gasteiger partial charge is 0.433 e. The van der Waals surface area contributed by atoms with Crippen LogP contribution in [0.4, 0.5) is 24.9 Å². The van der Waals surface area contributed by atoms with Gasteiger partial charge in [0, 0.05) is 44.3 Å². The molecule has 2 aromatic rings. The third kappa shape index (κ3) is 5.29. The van der Waals surface area contributed by atoms with Crippen molar-refractivity contribution in [1.82, 2.24) is 15.3 Å². The van der Waals surface area contributed by atoms with Crippen molar-refractivity contribution in [3.63, 3.8) is 0 Å². The zero-order valence-electron chi connectivity index (χ0n) is 17.6. The molecule has 10 heteroatoms. The van der Waals surface area contributed by atoms with Crippen molar-refractivity contribution in [3.05, 3.63) is 47.7 Å². The Kier molecular flexibility index (Phi) is 6.80. The van der Waals surface area contributed by atoms with Crippen molar-refractivity contribution in [2.75, 3.05) is 43.1 Å². The molecule has 0 spiro atoms. The summed E-state index contributed by atoms with van der Waals surface area (Å²) in [6.07, 6.45) is -1.06. The highest BCUT2D eigenvalue weighted by atomic mass is 32.1. The van der Waals surface area contributed by atoms with E-state index in [2.05, 4.69) is 32.7 Å². The average Bonchev–Trinajstić information content (AvgIpc) is 3.33. The lowest BCUT2D eigenvalue weighted by atomic mass is 9.74. The molecular weight excluding hydrogens is 439 g/mol. The van der Waals surface area contributed by atoms with Gasteiger partial charge in [-0.25, -0.2) is 4.98 Å². The van der Waals surface area contributed by atoms with Crippen molar-refractivity contribution >= 4 is 29.1 Å². The summed E-state index contributed by atoms with van der Waals surface area (Å²) in [5.74, 6) is 0.111. The maximum atomic E-state index is 13.4. The van der Waals surface area contributed by atoms with Crippen molar-refractivity contribution in [3.8, 4) is 0 Å². The summed E-state index contributed by atoms with van der Waals surface area (Å²) in [6.45, 7) is 3.18. The van der Waals surface area contributed by atoms with Gasteiger partial charge >= 0.3 is 6.18 Å². The van der Waals surface area contributed by atoms with Gasteiger partial charge in [0.05, 0.1) is 0 Å². The first kappa shape index (κ1) is 22.7. The normalized spacial score (nSPS) is 18.4. The molecule has 0 unspecified atom stereocenters. The molecule has 3 heterocycles. The van der Waals surface area contributed by atoms with Crippen LogP contribution in [0, 0.1) is 0 Å². The molecule has 2 fully saturated rings. The fourth-order valence-corrected chi connectivity index (χ4v) is 4.42. The maximum Gasteiger partial charge on any atom is 0.433 e. The zero-order chi connectivity index (χ0) is 22.6. The maximum absolute atomic E-state index is 13.4. The molecule has 1 aromatic heterocycles. The average molecular weight is 466 g/mol. The number of halogens is 3. The predicted molar refractivity (Wildman–Crippen MR) is 121 cm³/mol. The summed E-state index contributed by atoms with van der Waals surface area (Å²) in [7, 11) is 0. The highest BCUT2D eigenvalue weighted by Gasteiger charge is 2.36. The van der Waals surface area contributed by atoms with Crippen LogP contribution in [-0.4, -0.2) is 47.9 Å². The molecule has 1 aromatic carbocycles. The molecule has 2 aliphatic heterocycles. The van der Waals surface area contributed by atoms with Gasteiger partial charge in [-0.05, 0) is 43.5 Å². The van der Waals surface area contributed by atoms with Gasteiger partial charge in [0.15, 0.2) is 10.8 Å². The molecule has 0 saturated carbocycles. The zero-order valence-corrected chi connectivity index (χ0v) is 18.4. The molecule has 2 N–H and O–H groups in total. The Bertz CT molecular complexity index is 929. The standard InChI is InChI=1S/C22H26F3N5OS/c23-22(24,25)17-14-18(30-10-4-5-11-30)28-19(27-17)29-20(32)26-15-21(8-12-31-13-9-21)16-6-2-1-3-7-16/h1-3,6-7,14H,4-5,8-13,15H2,(H2,26,27,28,29,32). The summed E-state index contributed by atoms with van der Waals surface area (Å²) in [5, 5.41) is 6.14. The Morgan fingerprint density at radius 1 is 1.09 bits per heavy atom. The van der Waals surface area contributed by atoms with Crippen LogP contribution in [-0.2, 0) is 16.3 Å². The Morgan fingerprint density at radius 3 is 2.44 bits per heavy atom. The van der Waals surface area contributed by atoms with Gasteiger partial charge < -0.3 is 20.3 Å². The van der Waals surface area contributed by atoms with E-state index < -0.39 is 11.9 Å². The molecule has 0 amide bonds. The van der Waals surface area contributed by atoms with E-state index in [1.807, 2.05) is 23.1 Å². The summed E-state index contributed by atoms with van der Waals surface area (Å²) in [5.41, 5.74) is 0.0378. The number of anilines is 2. The second-order valence-electron chi connectivity index (χ2n) is 8.19. The monoisotopic (exact) mass is 465 g/mol. The van der Waals surface area contributed by atoms with Crippen molar-refractivity contribution in [2.45, 2.75) is 37.3 Å². The smallest absolute Gasteiger partial charge is 0.381 e. The molecule has 0 atom stereocenters. The lowest BCUT2D eigenvalue weighted by Crippen LogP contribution is -2.45. The van der Waals surface area contributed by atoms with E-state index in [1.54, 1.807) is 0 Å². The number of benzene rings is 1. The molecule has 4 rings (SSSR count). The SMILES string of the molecule is FC(F)(F)c1cc(N2CCCC2)nc(NC(=S)NCC2(c3ccccc3)CCOCC2)n1. The molecule has 32 heavy (non-hydrogen) atoms. The summed E-state index contributed by atoms with van der Waals surface area (Å²) in [6, 6.07) is 11.1. The van der Waals surface area contributed by atoms with E-state index in [4.69, 9.17) is 17.0 Å². The van der Waals surface area contributed by atoms with Crippen LogP contribution in [0.1, 0.15) is 36.9 Å². The fourth-order valence-electron chi connectivity index (χ4n) is 4.26. The number of nitrogens with zero attached hydrogens (tertiary/aromatic N) is 3. The molecular formula is C22H26F3N5OS. The van der Waals surface area contributed by atoms with E-state index in [0.29, 0.717) is 32.8 Å². The first-order chi connectivity index (χ1) is 15.4. The number of hydrogen-bond acceptors (Lipinski definition) is 5. The van der Waals surface area contributed by atoms with Crippen molar-refractivity contribution in [2.24, 2.45) is 0 Å². The quantitative estimate of drug-likeness (QED) is 0.644. The Balaban J connectivity index is 1.49. The minimum Gasteiger partial charge on any atom is -0.381 e. The lowest BCUT2D eigenvalue weighted by molar-refractivity contribution is -0.141. The molecule has 0 aliphatic carbocycles. The van der Waals surface area contributed by atoms with Crippen LogP contribution in [0.5, 0.6) is 0 Å². The van der Waals surface area contributed by atoms with Crippen molar-refractivity contribution in [1.29, 1.82) is 0 Å². The summed E-state index contributed by atoms with van der Waals surface area (Å²) < 4.78 is 45.8. The van der Waals surface area contributed by atoms with Crippen LogP contribution >= 0.6 is 12.2 Å². The van der Waals surface area contributed by atoms with Gasteiger partial charge in [0.25, 0.3) is 0 Å². The van der Waals surface area contributed by atoms with Crippen LogP contribution in [0.25, 0.3) is 0 Å². The number of alkyl halides is 3. The Morgan fingerprint density at radius 2 is 1.78 bits per heavy atom. The topological polar surface area (TPSA) is 62.3 Å². The minimum absolute atomic E-state index is 0.153. The number of nitrogens with one attached hydrogen (secondary N) is 2. The van der Waals surface area contributed by atoms with E-state index in [-0.39, 0.29) is 22.3 Å². The first-order valence-electron chi connectivity index (χ1n) is 10.8. The number of hydrogen-bond donors (Lipinski definition) is 2. The van der Waals surface area contributed by atoms with Gasteiger partial charge in [-0.1, -0.05) is 30.3 Å². The van der Waals surface area contributed by atoms with Crippen LogP contribution < -0.4 is 15.5 Å². The molecule has 172 valence electrons. The number of rotatable bonds is 5. The molecule has 0 bridgehead atoms. The highest BCUT2D eigenvalue weighted by molar-refractivity contribution is 7.80. The Hall–Kier alpha value is -2.46. The van der Waals surface area contributed by atoms with Gasteiger partial charge in [0.1, 0.15) is 5.82 Å². The first-order valence-corrected chi connectivity index (χ1v) is 11.2. The third-order valence-corrected chi connectivity index (χ3v) is 6.33. The van der Waals surface area contributed by atoms with Gasteiger partial charge in [0.2, 0.25) is 5.95 Å². The van der Waals surface area contributed by atoms with Crippen LogP contribution in [0.15, 0.2) is 36.4 Å². The van der Waals surface area contributed by atoms with Crippen LogP contribution in [0.3, 0.4) is 0 Å². The van der Waals surface area contributed by atoms with Crippen molar-refractivity contribution < 1.29 is 17.9 Å². The van der Waals surface area contributed by atoms with E-state index >= 15 is 0 Å². The highest BCUT2D eigenvalue weighted by Crippen LogP contribution is 2.34. The van der Waals surface area contributed by atoms with Gasteiger partial charge in [-0.3, -0.25) is 0 Å². The molecule has 6 nitrogen and oxygen atoms in total. The summed E-state index contributed by atoms with van der Waals surface area (Å²) in [4.78, 5) is 9.80. The Labute approximate surface area is 190 Å². The minimum atomic E-state index is -4.57. The number of thiocarbonyl (C=S) groups is 1. The molecule has 2 saturated heterocycles. The number of ether oxygens (including phenoxy) is 1. The third-order valence-electron chi connectivity index (χ3n) is 6.08. The fraction of sp³-hybridized carbons (Fsp3) is 0.500.